The topological polar surface area (TPSA) is 64.0 Å². The van der Waals surface area contributed by atoms with Crippen molar-refractivity contribution in [1.29, 1.82) is 0 Å². The van der Waals surface area contributed by atoms with Crippen molar-refractivity contribution in [1.82, 2.24) is 9.78 Å². The van der Waals surface area contributed by atoms with Gasteiger partial charge in [-0.25, -0.2) is 4.68 Å². The van der Waals surface area contributed by atoms with Crippen molar-refractivity contribution in [3.05, 3.63) is 68.2 Å². The molecule has 1 aromatic carbocycles. The third-order valence-electron chi connectivity index (χ3n) is 3.84. The molecule has 0 saturated carbocycles. The molecule has 0 aliphatic rings. The van der Waals surface area contributed by atoms with E-state index in [2.05, 4.69) is 10.4 Å². The zero-order valence-corrected chi connectivity index (χ0v) is 16.3. The lowest BCUT2D eigenvalue weighted by Crippen LogP contribution is -2.47. The minimum atomic E-state index is -1.23. The molecule has 0 spiro atoms. The molecule has 0 saturated heterocycles. The summed E-state index contributed by atoms with van der Waals surface area (Å²) < 4.78 is 1.18. The maximum atomic E-state index is 12.8. The number of nitrogens with zero attached hydrogens (tertiary/aromatic N) is 2. The number of hydrogen-bond acceptors (Lipinski definition) is 4. The maximum absolute atomic E-state index is 12.8. The molecule has 0 fully saturated rings. The van der Waals surface area contributed by atoms with E-state index in [1.165, 1.54) is 28.2 Å². The molecule has 0 radical (unpaired) electrons. The van der Waals surface area contributed by atoms with Gasteiger partial charge in [-0.2, -0.15) is 5.10 Å². The monoisotopic (exact) mass is 407 g/mol. The van der Waals surface area contributed by atoms with Crippen molar-refractivity contribution in [2.75, 3.05) is 5.32 Å². The van der Waals surface area contributed by atoms with E-state index >= 15 is 0 Å². The van der Waals surface area contributed by atoms with Gasteiger partial charge in [0.1, 0.15) is 11.2 Å². The standard InChI is InChI=1S/C18H15Cl2N3O2S/c1-18(2,17(25)21-13-6-5-11(19)10-12(13)20)23-16(24)8-7-14(22-23)15-4-3-9-26-15/h3-10H,1-2H3,(H,21,25). The first-order valence-corrected chi connectivity index (χ1v) is 9.34. The molecule has 3 rings (SSSR count). The molecule has 0 unspecified atom stereocenters. The second kappa shape index (κ2) is 7.23. The Kier molecular flexibility index (Phi) is 5.18. The number of hydrogen-bond donors (Lipinski definition) is 1. The van der Waals surface area contributed by atoms with E-state index in [-0.39, 0.29) is 5.56 Å². The van der Waals surface area contributed by atoms with Crippen LogP contribution in [0.1, 0.15) is 13.8 Å². The van der Waals surface area contributed by atoms with Crippen LogP contribution in [0.15, 0.2) is 52.6 Å². The molecule has 3 aromatic rings. The number of rotatable bonds is 4. The van der Waals surface area contributed by atoms with Gasteiger partial charge in [-0.1, -0.05) is 29.3 Å². The zero-order chi connectivity index (χ0) is 18.9. The molecule has 8 heteroatoms. The van der Waals surface area contributed by atoms with Crippen LogP contribution in [0, 0.1) is 0 Å². The zero-order valence-electron chi connectivity index (χ0n) is 14.0. The molecule has 5 nitrogen and oxygen atoms in total. The quantitative estimate of drug-likeness (QED) is 0.684. The average molecular weight is 408 g/mol. The molecular weight excluding hydrogens is 393 g/mol. The summed E-state index contributed by atoms with van der Waals surface area (Å²) in [6, 6.07) is 11.6. The second-order valence-electron chi connectivity index (χ2n) is 6.08. The summed E-state index contributed by atoms with van der Waals surface area (Å²) in [6.45, 7) is 3.25. The van der Waals surface area contributed by atoms with Crippen LogP contribution in [0.25, 0.3) is 10.6 Å². The maximum Gasteiger partial charge on any atom is 0.267 e. The number of halogens is 2. The molecule has 1 amide bonds. The van der Waals surface area contributed by atoms with E-state index in [1.807, 2.05) is 17.5 Å². The number of benzene rings is 1. The summed E-state index contributed by atoms with van der Waals surface area (Å²) in [7, 11) is 0. The van der Waals surface area contributed by atoms with Crippen LogP contribution >= 0.6 is 34.5 Å². The summed E-state index contributed by atoms with van der Waals surface area (Å²) in [5, 5.41) is 9.82. The largest absolute Gasteiger partial charge is 0.323 e. The third kappa shape index (κ3) is 3.67. The molecule has 134 valence electrons. The first-order chi connectivity index (χ1) is 12.3. The highest BCUT2D eigenvalue weighted by molar-refractivity contribution is 7.13. The second-order valence-corrected chi connectivity index (χ2v) is 7.87. The molecule has 26 heavy (non-hydrogen) atoms. The minimum Gasteiger partial charge on any atom is -0.323 e. The fourth-order valence-electron chi connectivity index (χ4n) is 2.33. The number of anilines is 1. The Hall–Kier alpha value is -2.15. The third-order valence-corrected chi connectivity index (χ3v) is 5.28. The van der Waals surface area contributed by atoms with Gasteiger partial charge in [-0.15, -0.1) is 11.3 Å². The van der Waals surface area contributed by atoms with E-state index < -0.39 is 11.4 Å². The molecular formula is C18H15Cl2N3O2S. The van der Waals surface area contributed by atoms with Crippen molar-refractivity contribution in [3.8, 4) is 10.6 Å². The minimum absolute atomic E-state index is 0.314. The molecule has 0 bridgehead atoms. The number of amides is 1. The highest BCUT2D eigenvalue weighted by atomic mass is 35.5. The van der Waals surface area contributed by atoms with E-state index in [0.29, 0.717) is 21.4 Å². The van der Waals surface area contributed by atoms with Crippen molar-refractivity contribution < 1.29 is 4.79 Å². The number of nitrogens with one attached hydrogen (secondary N) is 1. The Morgan fingerprint density at radius 1 is 1.19 bits per heavy atom. The number of aromatic nitrogens is 2. The van der Waals surface area contributed by atoms with E-state index in [0.717, 1.165) is 4.88 Å². The number of carbonyl (C=O) groups excluding carboxylic acids is 1. The normalized spacial score (nSPS) is 11.4. The molecule has 1 N–H and O–H groups in total. The van der Waals surface area contributed by atoms with Crippen LogP contribution in [0.4, 0.5) is 5.69 Å². The van der Waals surface area contributed by atoms with Crippen LogP contribution in [-0.2, 0) is 10.3 Å². The fourth-order valence-corrected chi connectivity index (χ4v) is 3.48. The van der Waals surface area contributed by atoms with Crippen LogP contribution in [0.2, 0.25) is 10.0 Å². The molecule has 0 aliphatic carbocycles. The fraction of sp³-hybridized carbons (Fsp3) is 0.167. The van der Waals surface area contributed by atoms with E-state index in [4.69, 9.17) is 23.2 Å². The van der Waals surface area contributed by atoms with Crippen LogP contribution in [0.5, 0.6) is 0 Å². The van der Waals surface area contributed by atoms with Crippen molar-refractivity contribution in [2.45, 2.75) is 19.4 Å². The lowest BCUT2D eigenvalue weighted by atomic mass is 10.0. The molecule has 2 heterocycles. The van der Waals surface area contributed by atoms with Gasteiger partial charge < -0.3 is 5.32 Å². The van der Waals surface area contributed by atoms with Gasteiger partial charge in [0.2, 0.25) is 0 Å². The van der Waals surface area contributed by atoms with Gasteiger partial charge in [-0.05, 0) is 49.6 Å². The molecule has 2 aromatic heterocycles. The Morgan fingerprint density at radius 3 is 2.62 bits per heavy atom. The smallest absolute Gasteiger partial charge is 0.267 e. The van der Waals surface area contributed by atoms with Gasteiger partial charge in [0.15, 0.2) is 0 Å². The van der Waals surface area contributed by atoms with E-state index in [9.17, 15) is 9.59 Å². The predicted octanol–water partition coefficient (Wildman–Crippen LogP) is 4.65. The van der Waals surface area contributed by atoms with E-state index in [1.54, 1.807) is 32.0 Å². The number of thiophene rings is 1. The summed E-state index contributed by atoms with van der Waals surface area (Å²) in [4.78, 5) is 26.1. The Bertz CT molecular complexity index is 1010. The Balaban J connectivity index is 1.95. The van der Waals surface area contributed by atoms with Crippen molar-refractivity contribution >= 4 is 46.1 Å². The van der Waals surface area contributed by atoms with Crippen LogP contribution < -0.4 is 10.9 Å². The van der Waals surface area contributed by atoms with Crippen molar-refractivity contribution in [3.63, 3.8) is 0 Å². The Labute approximate surface area is 164 Å². The lowest BCUT2D eigenvalue weighted by molar-refractivity contribution is -0.123. The highest BCUT2D eigenvalue weighted by Crippen LogP contribution is 2.27. The average Bonchev–Trinajstić information content (AvgIpc) is 3.12. The number of carbonyl (C=O) groups is 1. The summed E-state index contributed by atoms with van der Waals surface area (Å²) >= 11 is 13.5. The predicted molar refractivity (Wildman–Crippen MR) is 106 cm³/mol. The van der Waals surface area contributed by atoms with Gasteiger partial charge in [-0.3, -0.25) is 9.59 Å². The SMILES string of the molecule is CC(C)(C(=O)Nc1ccc(Cl)cc1Cl)n1nc(-c2cccs2)ccc1=O. The lowest BCUT2D eigenvalue weighted by Gasteiger charge is -2.25. The summed E-state index contributed by atoms with van der Waals surface area (Å²) in [5.74, 6) is -0.417. The first kappa shape index (κ1) is 18.6. The summed E-state index contributed by atoms with van der Waals surface area (Å²) in [5.41, 5.74) is -0.554. The van der Waals surface area contributed by atoms with Crippen LogP contribution in [-0.4, -0.2) is 15.7 Å². The van der Waals surface area contributed by atoms with Gasteiger partial charge in [0, 0.05) is 11.1 Å². The van der Waals surface area contributed by atoms with Crippen molar-refractivity contribution in [2.24, 2.45) is 0 Å². The first-order valence-electron chi connectivity index (χ1n) is 7.70. The van der Waals surface area contributed by atoms with Gasteiger partial charge in [0.05, 0.1) is 15.6 Å². The van der Waals surface area contributed by atoms with Gasteiger partial charge in [0.25, 0.3) is 11.5 Å². The Morgan fingerprint density at radius 2 is 1.96 bits per heavy atom. The summed E-state index contributed by atoms with van der Waals surface area (Å²) in [6.07, 6.45) is 0. The highest BCUT2D eigenvalue weighted by Gasteiger charge is 2.32. The molecule has 0 atom stereocenters. The van der Waals surface area contributed by atoms with Crippen LogP contribution in [0.3, 0.4) is 0 Å². The van der Waals surface area contributed by atoms with Gasteiger partial charge >= 0.3 is 0 Å². The molecule has 0 aliphatic heterocycles.